The molecule has 0 saturated carbocycles. The van der Waals surface area contributed by atoms with E-state index in [1.165, 1.54) is 17.7 Å². The minimum absolute atomic E-state index is 0.103. The fraction of sp³-hybridized carbons (Fsp3) is 0.435. The number of carbonyl (C=O) groups excluding carboxylic acids is 1. The summed E-state index contributed by atoms with van der Waals surface area (Å²) in [6.07, 6.45) is -2.86. The molecule has 1 aliphatic rings. The van der Waals surface area contributed by atoms with Gasteiger partial charge < -0.3 is 35.1 Å². The molecule has 15 heteroatoms. The van der Waals surface area contributed by atoms with Gasteiger partial charge in [0.15, 0.2) is 11.9 Å². The molecule has 1 aromatic carbocycles. The molecule has 2 aromatic heterocycles. The summed E-state index contributed by atoms with van der Waals surface area (Å²) in [6.45, 7) is 3.78. The normalized spacial score (nSPS) is 25.7. The van der Waals surface area contributed by atoms with Gasteiger partial charge in [0.2, 0.25) is 5.95 Å². The quantitative estimate of drug-likeness (QED) is 0.213. The van der Waals surface area contributed by atoms with Crippen molar-refractivity contribution in [2.75, 3.05) is 24.7 Å². The molecule has 4 rings (SSSR count). The van der Waals surface area contributed by atoms with Gasteiger partial charge in [0.05, 0.1) is 18.6 Å². The first-order valence-corrected chi connectivity index (χ1v) is 13.3. The van der Waals surface area contributed by atoms with E-state index in [9.17, 15) is 14.5 Å². The van der Waals surface area contributed by atoms with Crippen molar-refractivity contribution >= 4 is 36.5 Å². The van der Waals surface area contributed by atoms with Crippen molar-refractivity contribution < 1.29 is 37.4 Å². The van der Waals surface area contributed by atoms with Gasteiger partial charge in [-0.1, -0.05) is 18.2 Å². The van der Waals surface area contributed by atoms with Crippen molar-refractivity contribution in [3.05, 3.63) is 42.6 Å². The number of esters is 1. The number of para-hydroxylation sites is 1. The van der Waals surface area contributed by atoms with Gasteiger partial charge in [-0.25, -0.2) is 8.96 Å². The molecule has 0 bridgehead atoms. The number of nitrogen functional groups attached to an aromatic ring is 2. The first-order chi connectivity index (χ1) is 17.9. The second kappa shape index (κ2) is 10.8. The second-order valence-corrected chi connectivity index (χ2v) is 10.5. The summed E-state index contributed by atoms with van der Waals surface area (Å²) in [5, 5.41) is 13.7. The molecular weight excluding hydrogens is 522 g/mol. The number of ether oxygens (including phenoxy) is 2. The molecule has 1 aliphatic heterocycles. The van der Waals surface area contributed by atoms with Crippen molar-refractivity contribution in [1.29, 1.82) is 0 Å². The zero-order valence-electron chi connectivity index (χ0n) is 21.0. The van der Waals surface area contributed by atoms with Crippen LogP contribution in [0.15, 0.2) is 42.6 Å². The Morgan fingerprint density at radius 3 is 2.71 bits per heavy atom. The summed E-state index contributed by atoms with van der Waals surface area (Å²) in [5.74, 6) is -0.503. The fourth-order valence-corrected chi connectivity index (χ4v) is 5.55. The fourth-order valence-electron chi connectivity index (χ4n) is 4.05. The van der Waals surface area contributed by atoms with Crippen LogP contribution in [0.2, 0.25) is 0 Å². The van der Waals surface area contributed by atoms with E-state index in [0.29, 0.717) is 5.39 Å². The third-order valence-corrected chi connectivity index (χ3v) is 7.60. The molecule has 0 amide bonds. The Balaban J connectivity index is 1.56. The zero-order chi connectivity index (χ0) is 27.7. The van der Waals surface area contributed by atoms with Gasteiger partial charge in [0.25, 0.3) is 0 Å². The van der Waals surface area contributed by atoms with Crippen LogP contribution in [0.4, 0.5) is 16.2 Å². The molecule has 0 radical (unpaired) electrons. The number of nitrogens with one attached hydrogen (secondary N) is 1. The van der Waals surface area contributed by atoms with Gasteiger partial charge in [-0.15, -0.1) is 0 Å². The number of rotatable bonds is 10. The number of hydrogen-bond donors (Lipinski definition) is 4. The number of hydrogen-bond acceptors (Lipinski definition) is 11. The van der Waals surface area contributed by atoms with Crippen LogP contribution in [-0.4, -0.2) is 62.7 Å². The van der Waals surface area contributed by atoms with Crippen molar-refractivity contribution in [2.45, 2.75) is 50.9 Å². The van der Waals surface area contributed by atoms with Crippen LogP contribution < -0.4 is 21.1 Å². The van der Waals surface area contributed by atoms with Gasteiger partial charge in [0, 0.05) is 6.20 Å². The van der Waals surface area contributed by atoms with E-state index in [2.05, 4.69) is 15.1 Å². The van der Waals surface area contributed by atoms with Gasteiger partial charge in [-0.2, -0.15) is 15.1 Å². The van der Waals surface area contributed by atoms with E-state index < -0.39 is 50.5 Å². The number of halogens is 1. The lowest BCUT2D eigenvalue weighted by Crippen LogP contribution is -2.41. The number of nitrogens with zero attached hydrogens (tertiary/aromatic N) is 3. The molecule has 6 atom stereocenters. The van der Waals surface area contributed by atoms with Gasteiger partial charge in [-0.05, 0) is 39.0 Å². The molecule has 1 saturated heterocycles. The predicted molar refractivity (Wildman–Crippen MR) is 136 cm³/mol. The first kappa shape index (κ1) is 27.7. The highest BCUT2D eigenvalue weighted by molar-refractivity contribution is 7.52. The van der Waals surface area contributed by atoms with Crippen LogP contribution in [0.1, 0.15) is 27.0 Å². The number of nitrogens with two attached hydrogens (primary N) is 2. The Morgan fingerprint density at radius 1 is 1.32 bits per heavy atom. The van der Waals surface area contributed by atoms with Crippen LogP contribution in [0.5, 0.6) is 5.75 Å². The van der Waals surface area contributed by atoms with Gasteiger partial charge >= 0.3 is 13.7 Å². The monoisotopic (exact) mass is 552 g/mol. The van der Waals surface area contributed by atoms with E-state index in [1.807, 2.05) is 0 Å². The Hall–Kier alpha value is -3.29. The summed E-state index contributed by atoms with van der Waals surface area (Å²) in [4.78, 5) is 20.2. The third kappa shape index (κ3) is 5.59. The average Bonchev–Trinajstić information content (AvgIpc) is 3.37. The Bertz CT molecular complexity index is 1340. The molecule has 6 N–H and O–H groups in total. The van der Waals surface area contributed by atoms with Crippen LogP contribution >= 0.6 is 7.75 Å². The topological polar surface area (TPSA) is 186 Å². The number of carbonyl (C=O) groups is 1. The van der Waals surface area contributed by atoms with Crippen LogP contribution in [0, 0.1) is 0 Å². The maximum Gasteiger partial charge on any atom is 0.459 e. The molecule has 206 valence electrons. The van der Waals surface area contributed by atoms with Crippen LogP contribution in [0.25, 0.3) is 11.0 Å². The Morgan fingerprint density at radius 2 is 2.03 bits per heavy atom. The minimum Gasteiger partial charge on any atom is -0.465 e. The number of benzene rings is 1. The van der Waals surface area contributed by atoms with Crippen molar-refractivity contribution in [3.63, 3.8) is 0 Å². The molecule has 13 nitrogen and oxygen atoms in total. The molecule has 1 fully saturated rings. The number of aliphatic hydroxyl groups is 1. The lowest BCUT2D eigenvalue weighted by Gasteiger charge is -2.25. The molecule has 3 heterocycles. The molecule has 3 aromatic rings. The smallest absolute Gasteiger partial charge is 0.459 e. The third-order valence-electron chi connectivity index (χ3n) is 5.96. The predicted octanol–water partition coefficient (Wildman–Crippen LogP) is 2.33. The largest absolute Gasteiger partial charge is 0.465 e. The molecule has 1 unspecified atom stereocenters. The number of aliphatic hydroxyl groups excluding tert-OH is 1. The average molecular weight is 553 g/mol. The molecule has 0 aliphatic carbocycles. The van der Waals surface area contributed by atoms with Crippen LogP contribution in [0.3, 0.4) is 0 Å². The Labute approximate surface area is 217 Å². The van der Waals surface area contributed by atoms with E-state index in [-0.39, 0.29) is 29.8 Å². The maximum absolute atomic E-state index is 15.8. The highest BCUT2D eigenvalue weighted by Gasteiger charge is 2.56. The van der Waals surface area contributed by atoms with Gasteiger partial charge in [-0.3, -0.25) is 9.32 Å². The summed E-state index contributed by atoms with van der Waals surface area (Å²) < 4.78 is 52.7. The maximum atomic E-state index is 15.8. The highest BCUT2D eigenvalue weighted by Crippen LogP contribution is 2.48. The lowest BCUT2D eigenvalue weighted by atomic mass is 9.98. The number of alkyl halides is 1. The molecule has 38 heavy (non-hydrogen) atoms. The molecule has 0 spiro atoms. The number of fused-ring (bicyclic) bond motifs is 1. The van der Waals surface area contributed by atoms with E-state index in [1.54, 1.807) is 43.3 Å². The van der Waals surface area contributed by atoms with E-state index >= 15 is 4.39 Å². The standard InChI is InChI=1S/C23H30FN6O7P/c1-4-34-20(32)13(2)29-38(33,37-14-8-6-5-7-9-14)35-12-16-17(31)23(3,24)21(36-16)30-11-10-15-18(25)27-22(26)28-19(15)30/h5-11,13,16-17,21,31H,4,12H2,1-3H3,(H,29,33)(H4,25,26,27,28)/t13-,16+,17+,21+,23+,38?/m0/s1. The van der Waals surface area contributed by atoms with E-state index in [4.69, 9.17) is 30.0 Å². The summed E-state index contributed by atoms with van der Waals surface area (Å²) in [6, 6.07) is 8.62. The van der Waals surface area contributed by atoms with E-state index in [0.717, 1.165) is 6.92 Å². The number of aromatic nitrogens is 3. The van der Waals surface area contributed by atoms with Crippen molar-refractivity contribution in [1.82, 2.24) is 19.6 Å². The van der Waals surface area contributed by atoms with Crippen molar-refractivity contribution in [3.8, 4) is 5.75 Å². The first-order valence-electron chi connectivity index (χ1n) is 11.8. The summed E-state index contributed by atoms with van der Waals surface area (Å²) >= 11 is 0. The SMILES string of the molecule is CCOC(=O)[C@H](C)NP(=O)(OC[C@H]1O[C@@H](n2ccc3c(N)nc(N)nc32)[C@](C)(F)[C@@H]1O)Oc1ccccc1. The van der Waals surface area contributed by atoms with Gasteiger partial charge in [0.1, 0.15) is 35.5 Å². The highest BCUT2D eigenvalue weighted by atomic mass is 31.2. The number of anilines is 2. The minimum atomic E-state index is -4.25. The Kier molecular flexibility index (Phi) is 7.90. The molecular formula is C23H30FN6O7P. The zero-order valence-corrected chi connectivity index (χ0v) is 21.9. The van der Waals surface area contributed by atoms with Crippen LogP contribution in [-0.2, 0) is 23.4 Å². The second-order valence-electron chi connectivity index (χ2n) is 8.85. The lowest BCUT2D eigenvalue weighted by molar-refractivity contribution is -0.144. The summed E-state index contributed by atoms with van der Waals surface area (Å²) in [5.41, 5.74) is 9.48. The van der Waals surface area contributed by atoms with Crippen molar-refractivity contribution in [2.24, 2.45) is 0 Å². The summed E-state index contributed by atoms with van der Waals surface area (Å²) in [7, 11) is -4.25.